The first-order valence-electron chi connectivity index (χ1n) is 10.0. The Morgan fingerprint density at radius 1 is 1.03 bits per heavy atom. The van der Waals surface area contributed by atoms with Gasteiger partial charge in [-0.2, -0.15) is 0 Å². The lowest BCUT2D eigenvalue weighted by Gasteiger charge is -2.15. The Morgan fingerprint density at radius 3 is 2.52 bits per heavy atom. The van der Waals surface area contributed by atoms with Gasteiger partial charge >= 0.3 is 0 Å². The Balaban J connectivity index is 1.53. The molecule has 3 aromatic rings. The van der Waals surface area contributed by atoms with Crippen LogP contribution in [0.1, 0.15) is 44.7 Å². The molecular weight excluding hydrogens is 362 g/mol. The molecule has 1 heterocycles. The van der Waals surface area contributed by atoms with Crippen molar-refractivity contribution in [2.45, 2.75) is 40.0 Å². The maximum Gasteiger partial charge on any atom is 0.252 e. The number of aromatic nitrogens is 1. The van der Waals surface area contributed by atoms with Crippen LogP contribution in [0.5, 0.6) is 0 Å². The number of benzene rings is 2. The number of nitrogens with zero attached hydrogens (tertiary/aromatic N) is 1. The third-order valence-corrected chi connectivity index (χ3v) is 5.50. The third-order valence-electron chi connectivity index (χ3n) is 5.50. The second-order valence-electron chi connectivity index (χ2n) is 7.79. The van der Waals surface area contributed by atoms with Gasteiger partial charge in [-0.3, -0.25) is 14.6 Å². The second-order valence-corrected chi connectivity index (χ2v) is 7.79. The first kappa shape index (κ1) is 19.1. The molecule has 0 fully saturated rings. The SMILES string of the molecule is Cc1cc(C)c(NC(=O)CNC(=O)c2c3c(nc4ccccc24)CCC3)c(C)c1. The van der Waals surface area contributed by atoms with Gasteiger partial charge in [-0.1, -0.05) is 35.9 Å². The molecule has 2 N–H and O–H groups in total. The van der Waals surface area contributed by atoms with Gasteiger partial charge in [0.15, 0.2) is 0 Å². The van der Waals surface area contributed by atoms with Gasteiger partial charge < -0.3 is 10.6 Å². The number of anilines is 1. The number of aryl methyl sites for hydroxylation is 4. The molecule has 0 unspecified atom stereocenters. The first-order chi connectivity index (χ1) is 13.9. The maximum absolute atomic E-state index is 13.0. The van der Waals surface area contributed by atoms with Gasteiger partial charge in [0.2, 0.25) is 5.91 Å². The molecule has 5 heteroatoms. The molecule has 2 aromatic carbocycles. The summed E-state index contributed by atoms with van der Waals surface area (Å²) in [6, 6.07) is 11.8. The summed E-state index contributed by atoms with van der Waals surface area (Å²) in [4.78, 5) is 30.2. The molecule has 2 amide bonds. The highest BCUT2D eigenvalue weighted by molar-refractivity contribution is 6.09. The lowest BCUT2D eigenvalue weighted by molar-refractivity contribution is -0.115. The lowest BCUT2D eigenvalue weighted by Crippen LogP contribution is -2.34. The summed E-state index contributed by atoms with van der Waals surface area (Å²) in [6.45, 7) is 5.90. The Kier molecular flexibility index (Phi) is 5.05. The van der Waals surface area contributed by atoms with E-state index in [9.17, 15) is 9.59 Å². The molecule has 0 radical (unpaired) electrons. The van der Waals surface area contributed by atoms with Crippen LogP contribution in [0.3, 0.4) is 0 Å². The zero-order chi connectivity index (χ0) is 20.5. The van der Waals surface area contributed by atoms with E-state index in [2.05, 4.69) is 10.6 Å². The van der Waals surface area contributed by atoms with Crippen LogP contribution < -0.4 is 10.6 Å². The Bertz CT molecular complexity index is 1110. The average molecular weight is 387 g/mol. The first-order valence-corrected chi connectivity index (χ1v) is 10.0. The number of hydrogen-bond acceptors (Lipinski definition) is 3. The highest BCUT2D eigenvalue weighted by Crippen LogP contribution is 2.29. The fraction of sp³-hybridized carbons (Fsp3) is 0.292. The molecule has 1 aromatic heterocycles. The molecule has 4 rings (SSSR count). The lowest BCUT2D eigenvalue weighted by atomic mass is 10.0. The van der Waals surface area contributed by atoms with Gasteiger partial charge in [0, 0.05) is 16.8 Å². The van der Waals surface area contributed by atoms with Gasteiger partial charge in [-0.25, -0.2) is 0 Å². The minimum absolute atomic E-state index is 0.0724. The topological polar surface area (TPSA) is 71.1 Å². The molecule has 0 aliphatic heterocycles. The summed E-state index contributed by atoms with van der Waals surface area (Å²) in [5.41, 5.74) is 7.51. The number of carbonyl (C=O) groups excluding carboxylic acids is 2. The van der Waals surface area contributed by atoms with Crippen molar-refractivity contribution in [3.63, 3.8) is 0 Å². The van der Waals surface area contributed by atoms with E-state index in [1.165, 1.54) is 0 Å². The van der Waals surface area contributed by atoms with Gasteiger partial charge in [-0.05, 0) is 62.8 Å². The number of carbonyl (C=O) groups is 2. The van der Waals surface area contributed by atoms with E-state index in [1.807, 2.05) is 57.2 Å². The van der Waals surface area contributed by atoms with E-state index in [0.29, 0.717) is 5.56 Å². The van der Waals surface area contributed by atoms with Crippen LogP contribution in [0, 0.1) is 20.8 Å². The van der Waals surface area contributed by atoms with Gasteiger partial charge in [-0.15, -0.1) is 0 Å². The van der Waals surface area contributed by atoms with Crippen molar-refractivity contribution >= 4 is 28.4 Å². The Labute approximate surface area is 170 Å². The van der Waals surface area contributed by atoms with Crippen LogP contribution in [0.15, 0.2) is 36.4 Å². The van der Waals surface area contributed by atoms with E-state index in [1.54, 1.807) is 0 Å². The van der Waals surface area contributed by atoms with E-state index >= 15 is 0 Å². The molecule has 0 spiro atoms. The summed E-state index contributed by atoms with van der Waals surface area (Å²) in [7, 11) is 0. The average Bonchev–Trinajstić information content (AvgIpc) is 3.14. The molecule has 0 bridgehead atoms. The van der Waals surface area contributed by atoms with Crippen LogP contribution in [-0.4, -0.2) is 23.3 Å². The summed E-state index contributed by atoms with van der Waals surface area (Å²) in [5, 5.41) is 6.59. The number of para-hydroxylation sites is 1. The van der Waals surface area contributed by atoms with Crippen molar-refractivity contribution in [1.29, 1.82) is 0 Å². The number of nitrogens with one attached hydrogen (secondary N) is 2. The van der Waals surface area contributed by atoms with E-state index in [4.69, 9.17) is 4.98 Å². The monoisotopic (exact) mass is 387 g/mol. The molecule has 148 valence electrons. The number of pyridine rings is 1. The zero-order valence-electron chi connectivity index (χ0n) is 17.1. The van der Waals surface area contributed by atoms with Crippen molar-refractivity contribution < 1.29 is 9.59 Å². The minimum Gasteiger partial charge on any atom is -0.343 e. The summed E-state index contributed by atoms with van der Waals surface area (Å²) in [5.74, 6) is -0.447. The normalized spacial score (nSPS) is 12.7. The number of fused-ring (bicyclic) bond motifs is 2. The summed E-state index contributed by atoms with van der Waals surface area (Å²) in [6.07, 6.45) is 2.75. The van der Waals surface area contributed by atoms with E-state index < -0.39 is 0 Å². The molecule has 1 aliphatic carbocycles. The van der Waals surface area contributed by atoms with Crippen molar-refractivity contribution in [2.24, 2.45) is 0 Å². The fourth-order valence-corrected chi connectivity index (χ4v) is 4.28. The molecule has 1 aliphatic rings. The Hall–Kier alpha value is -3.21. The molecular formula is C24H25N3O2. The highest BCUT2D eigenvalue weighted by Gasteiger charge is 2.24. The third kappa shape index (κ3) is 3.73. The predicted octanol–water partition coefficient (Wildman–Crippen LogP) is 4.02. The quantitative estimate of drug-likeness (QED) is 0.710. The van der Waals surface area contributed by atoms with Crippen LogP contribution in [-0.2, 0) is 17.6 Å². The maximum atomic E-state index is 13.0. The molecule has 0 saturated carbocycles. The largest absolute Gasteiger partial charge is 0.343 e. The van der Waals surface area contributed by atoms with Crippen LogP contribution in [0.25, 0.3) is 10.9 Å². The van der Waals surface area contributed by atoms with Crippen LogP contribution in [0.2, 0.25) is 0 Å². The van der Waals surface area contributed by atoms with Crippen molar-refractivity contribution in [2.75, 3.05) is 11.9 Å². The standard InChI is InChI=1S/C24H25N3O2/c1-14-11-15(2)23(16(3)12-14)27-21(28)13-25-24(29)22-17-7-4-5-9-19(17)26-20-10-6-8-18(20)22/h4-5,7,9,11-12H,6,8,10,13H2,1-3H3,(H,25,29)(H,27,28). The van der Waals surface area contributed by atoms with Crippen LogP contribution >= 0.6 is 0 Å². The minimum atomic E-state index is -0.233. The fourth-order valence-electron chi connectivity index (χ4n) is 4.28. The number of rotatable bonds is 4. The molecule has 0 saturated heterocycles. The number of hydrogen-bond donors (Lipinski definition) is 2. The molecule has 5 nitrogen and oxygen atoms in total. The Morgan fingerprint density at radius 2 is 1.76 bits per heavy atom. The molecule has 0 atom stereocenters. The van der Waals surface area contributed by atoms with Crippen molar-refractivity contribution in [3.05, 3.63) is 69.9 Å². The van der Waals surface area contributed by atoms with Gasteiger partial charge in [0.1, 0.15) is 0 Å². The summed E-state index contributed by atoms with van der Waals surface area (Å²) < 4.78 is 0. The summed E-state index contributed by atoms with van der Waals surface area (Å²) >= 11 is 0. The second kappa shape index (κ2) is 7.66. The van der Waals surface area contributed by atoms with Crippen molar-refractivity contribution in [1.82, 2.24) is 10.3 Å². The van der Waals surface area contributed by atoms with Crippen molar-refractivity contribution in [3.8, 4) is 0 Å². The van der Waals surface area contributed by atoms with E-state index in [0.717, 1.165) is 63.8 Å². The van der Waals surface area contributed by atoms with Gasteiger partial charge in [0.05, 0.1) is 17.6 Å². The van der Waals surface area contributed by atoms with E-state index in [-0.39, 0.29) is 18.4 Å². The molecule has 29 heavy (non-hydrogen) atoms. The number of amides is 2. The van der Waals surface area contributed by atoms with Crippen LogP contribution in [0.4, 0.5) is 5.69 Å². The highest BCUT2D eigenvalue weighted by atomic mass is 16.2. The predicted molar refractivity (Wildman–Crippen MR) is 115 cm³/mol. The van der Waals surface area contributed by atoms with Gasteiger partial charge in [0.25, 0.3) is 5.91 Å². The zero-order valence-corrected chi connectivity index (χ0v) is 17.1. The smallest absolute Gasteiger partial charge is 0.252 e.